The van der Waals surface area contributed by atoms with E-state index in [4.69, 9.17) is 40.3 Å². The van der Waals surface area contributed by atoms with Crippen molar-refractivity contribution in [2.24, 2.45) is 5.92 Å². The van der Waals surface area contributed by atoms with Crippen LogP contribution in [0, 0.1) is 5.92 Å². The van der Waals surface area contributed by atoms with E-state index in [1.807, 2.05) is 0 Å². The van der Waals surface area contributed by atoms with E-state index < -0.39 is 53.0 Å². The minimum Gasteiger partial charge on any atom is -0.444 e. The predicted molar refractivity (Wildman–Crippen MR) is 145 cm³/mol. The van der Waals surface area contributed by atoms with Gasteiger partial charge in [0, 0.05) is 0 Å². The van der Waals surface area contributed by atoms with Crippen LogP contribution in [0.4, 0.5) is 14.4 Å². The molecule has 0 spiro atoms. The van der Waals surface area contributed by atoms with Gasteiger partial charge in [0.1, 0.15) is 18.8 Å². The van der Waals surface area contributed by atoms with Crippen molar-refractivity contribution >= 4 is 35.9 Å². The third kappa shape index (κ3) is 6.11. The van der Waals surface area contributed by atoms with Crippen LogP contribution >= 0.6 is 11.6 Å². The van der Waals surface area contributed by atoms with Crippen LogP contribution in [-0.2, 0) is 46.7 Å². The average Bonchev–Trinajstić information content (AvgIpc) is 3.26. The molecule has 1 fully saturated rings. The molecule has 1 saturated heterocycles. The number of halogens is 1. The van der Waals surface area contributed by atoms with E-state index in [1.165, 1.54) is 13.8 Å². The number of hydrogen-bond acceptors (Lipinski definition) is 10. The lowest BCUT2D eigenvalue weighted by Crippen LogP contribution is -2.76. The highest BCUT2D eigenvalue weighted by atomic mass is 35.5. The van der Waals surface area contributed by atoms with Crippen molar-refractivity contribution in [1.82, 2.24) is 4.90 Å². The van der Waals surface area contributed by atoms with E-state index in [9.17, 15) is 19.2 Å². The maximum absolute atomic E-state index is 13.9. The van der Waals surface area contributed by atoms with E-state index in [2.05, 4.69) is 0 Å². The maximum Gasteiger partial charge on any atom is 0.510 e. The second-order valence-corrected chi connectivity index (χ2v) is 10.3. The molecule has 2 atom stereocenters. The summed E-state index contributed by atoms with van der Waals surface area (Å²) in [6, 6.07) is 17.0. The van der Waals surface area contributed by atoms with Crippen LogP contribution in [0.5, 0.6) is 0 Å². The Bertz CT molecular complexity index is 1170. The Morgan fingerprint density at radius 1 is 0.902 bits per heavy atom. The summed E-state index contributed by atoms with van der Waals surface area (Å²) in [6.07, 6.45) is -3.63. The highest BCUT2D eigenvalue weighted by molar-refractivity contribution is 6.17. The zero-order valence-corrected chi connectivity index (χ0v) is 24.3. The van der Waals surface area contributed by atoms with Gasteiger partial charge < -0.3 is 18.9 Å². The van der Waals surface area contributed by atoms with Crippen molar-refractivity contribution in [2.45, 2.75) is 71.0 Å². The number of hydrogen-bond donors (Lipinski definition) is 0. The van der Waals surface area contributed by atoms with Gasteiger partial charge in [-0.1, -0.05) is 93.0 Å². The number of benzene rings is 2. The van der Waals surface area contributed by atoms with E-state index in [1.54, 1.807) is 81.4 Å². The number of rotatable bonds is 10. The molecular formula is C29H34ClNO10. The highest BCUT2D eigenvalue weighted by Gasteiger charge is 2.78. The van der Waals surface area contributed by atoms with Crippen LogP contribution in [0.15, 0.2) is 60.7 Å². The third-order valence-electron chi connectivity index (χ3n) is 7.13. The molecule has 11 nitrogen and oxygen atoms in total. The van der Waals surface area contributed by atoms with Crippen LogP contribution in [0.1, 0.15) is 52.2 Å². The molecule has 0 bridgehead atoms. The van der Waals surface area contributed by atoms with Gasteiger partial charge in [-0.3, -0.25) is 4.89 Å². The number of nitrogens with zero attached hydrogens (tertiary/aromatic N) is 1. The smallest absolute Gasteiger partial charge is 0.444 e. The Kier molecular flexibility index (Phi) is 10.2. The Morgan fingerprint density at radius 2 is 1.39 bits per heavy atom. The van der Waals surface area contributed by atoms with Crippen LogP contribution in [0.3, 0.4) is 0 Å². The van der Waals surface area contributed by atoms with Gasteiger partial charge in [-0.2, -0.15) is 9.79 Å². The molecule has 222 valence electrons. The molecule has 12 heteroatoms. The Labute approximate surface area is 243 Å². The quantitative estimate of drug-likeness (QED) is 0.138. The van der Waals surface area contributed by atoms with Gasteiger partial charge in [0.25, 0.3) is 0 Å². The van der Waals surface area contributed by atoms with Gasteiger partial charge in [0.15, 0.2) is 17.2 Å². The fourth-order valence-corrected chi connectivity index (χ4v) is 5.33. The van der Waals surface area contributed by atoms with Gasteiger partial charge in [-0.25, -0.2) is 19.2 Å². The van der Waals surface area contributed by atoms with E-state index in [0.717, 1.165) is 0 Å². The number of alkyl halides is 1. The molecule has 2 aromatic carbocycles. The fourth-order valence-electron chi connectivity index (χ4n) is 5.24. The van der Waals surface area contributed by atoms with Gasteiger partial charge in [0.2, 0.25) is 0 Å². The Hall–Kier alpha value is -3.83. The Morgan fingerprint density at radius 3 is 1.80 bits per heavy atom. The first-order valence-electron chi connectivity index (χ1n) is 13.0. The molecule has 1 heterocycles. The first-order chi connectivity index (χ1) is 19.5. The van der Waals surface area contributed by atoms with Crippen molar-refractivity contribution in [2.75, 3.05) is 6.07 Å². The van der Waals surface area contributed by atoms with Crippen molar-refractivity contribution in [1.29, 1.82) is 0 Å². The summed E-state index contributed by atoms with van der Waals surface area (Å²) in [7, 11) is 0. The molecule has 0 aromatic heterocycles. The topological polar surface area (TPSA) is 127 Å². The normalized spacial score (nSPS) is 20.2. The fraction of sp³-hybridized carbons (Fsp3) is 0.448. The SMILES string of the molecule is CCC1(C(C)(C)OC(=O)OCCl)OOC(=O)C1(C(C)C)N(C(=O)OCc1ccccc1)C(=O)OCc1ccccc1. The summed E-state index contributed by atoms with van der Waals surface area (Å²) in [5, 5.41) is 0. The molecule has 0 aliphatic carbocycles. The minimum atomic E-state index is -2.23. The molecule has 0 radical (unpaired) electrons. The first kappa shape index (κ1) is 31.7. The molecule has 2 amide bonds. The summed E-state index contributed by atoms with van der Waals surface area (Å²) in [5.74, 6) is -1.94. The molecule has 0 N–H and O–H groups in total. The van der Waals surface area contributed by atoms with Gasteiger partial charge in [0.05, 0.1) is 0 Å². The molecule has 41 heavy (non-hydrogen) atoms. The number of ether oxygens (including phenoxy) is 4. The molecule has 1 aliphatic rings. The number of imide groups is 1. The molecule has 1 aliphatic heterocycles. The van der Waals surface area contributed by atoms with Gasteiger partial charge in [-0.15, -0.1) is 0 Å². The van der Waals surface area contributed by atoms with Crippen molar-refractivity contribution in [3.63, 3.8) is 0 Å². The van der Waals surface area contributed by atoms with Gasteiger partial charge >= 0.3 is 24.3 Å². The van der Waals surface area contributed by atoms with Crippen molar-refractivity contribution < 1.29 is 47.9 Å². The second-order valence-electron chi connectivity index (χ2n) is 10.1. The maximum atomic E-state index is 13.9. The molecular weight excluding hydrogens is 558 g/mol. The zero-order chi connectivity index (χ0) is 30.3. The largest absolute Gasteiger partial charge is 0.510 e. The van der Waals surface area contributed by atoms with E-state index in [0.29, 0.717) is 16.0 Å². The monoisotopic (exact) mass is 591 g/mol. The minimum absolute atomic E-state index is 0.0769. The van der Waals surface area contributed by atoms with Crippen LogP contribution in [0.25, 0.3) is 0 Å². The lowest BCUT2D eigenvalue weighted by Gasteiger charge is -2.51. The summed E-state index contributed by atoms with van der Waals surface area (Å²) < 4.78 is 21.4. The molecule has 3 rings (SSSR count). The van der Waals surface area contributed by atoms with Gasteiger partial charge in [-0.05, 0) is 37.3 Å². The van der Waals surface area contributed by atoms with Crippen LogP contribution in [0.2, 0.25) is 0 Å². The van der Waals surface area contributed by atoms with Crippen LogP contribution < -0.4 is 0 Å². The summed E-state index contributed by atoms with van der Waals surface area (Å²) in [6.45, 7) is 7.26. The van der Waals surface area contributed by atoms with Crippen molar-refractivity contribution in [3.05, 3.63) is 71.8 Å². The summed E-state index contributed by atoms with van der Waals surface area (Å²) in [5.41, 5.74) is -4.64. The number of carbonyl (C=O) groups is 4. The molecule has 2 unspecified atom stereocenters. The van der Waals surface area contributed by atoms with E-state index in [-0.39, 0.29) is 19.6 Å². The highest BCUT2D eigenvalue weighted by Crippen LogP contribution is 2.53. The number of carbonyl (C=O) groups excluding carboxylic acids is 4. The predicted octanol–water partition coefficient (Wildman–Crippen LogP) is 6.12. The first-order valence-corrected chi connectivity index (χ1v) is 13.5. The third-order valence-corrected chi connectivity index (χ3v) is 7.24. The second kappa shape index (κ2) is 13.2. The molecule has 0 saturated carbocycles. The average molecular weight is 592 g/mol. The lowest BCUT2D eigenvalue weighted by atomic mass is 9.63. The standard InChI is InChI=1S/C29H34ClNO10/c1-6-28(27(4,5)39-26(35)38-19-30)29(20(2)3,23(32)40-41-28)31(24(33)36-17-21-13-9-7-10-14-21)25(34)37-18-22-15-11-8-12-16-22/h7-16,20H,6,17-19H2,1-5H3. The number of amides is 2. The summed E-state index contributed by atoms with van der Waals surface area (Å²) in [4.78, 5) is 65.2. The zero-order valence-electron chi connectivity index (χ0n) is 23.6. The van der Waals surface area contributed by atoms with Crippen molar-refractivity contribution in [3.8, 4) is 0 Å². The lowest BCUT2D eigenvalue weighted by molar-refractivity contribution is -0.338. The summed E-state index contributed by atoms with van der Waals surface area (Å²) >= 11 is 5.52. The van der Waals surface area contributed by atoms with E-state index >= 15 is 0 Å². The molecule has 2 aromatic rings. The Balaban J connectivity index is 2.13. The van der Waals surface area contributed by atoms with Crippen LogP contribution in [-0.4, -0.2) is 52.0 Å².